The molecular formula is C14H20F2N2O2S. The lowest BCUT2D eigenvalue weighted by Gasteiger charge is -2.32. The van der Waals surface area contributed by atoms with Crippen LogP contribution in [0.4, 0.5) is 8.78 Å². The van der Waals surface area contributed by atoms with Crippen LogP contribution in [0.15, 0.2) is 23.1 Å². The van der Waals surface area contributed by atoms with Crippen molar-refractivity contribution in [3.05, 3.63) is 29.8 Å². The van der Waals surface area contributed by atoms with Crippen molar-refractivity contribution in [1.29, 1.82) is 0 Å². The fourth-order valence-electron chi connectivity index (χ4n) is 2.78. The van der Waals surface area contributed by atoms with Gasteiger partial charge in [-0.05, 0) is 31.0 Å². The summed E-state index contributed by atoms with van der Waals surface area (Å²) in [4.78, 5) is -0.667. The second-order valence-electron chi connectivity index (χ2n) is 5.58. The van der Waals surface area contributed by atoms with Crippen molar-refractivity contribution >= 4 is 10.0 Å². The van der Waals surface area contributed by atoms with Gasteiger partial charge in [0.15, 0.2) is 0 Å². The third-order valence-electron chi connectivity index (χ3n) is 3.99. The summed E-state index contributed by atoms with van der Waals surface area (Å²) in [5.41, 5.74) is 5.00. The third kappa shape index (κ3) is 3.78. The lowest BCUT2D eigenvalue weighted by molar-refractivity contribution is 0.342. The summed E-state index contributed by atoms with van der Waals surface area (Å²) in [5.74, 6) is -1.76. The smallest absolute Gasteiger partial charge is 0.244 e. The first-order valence-corrected chi connectivity index (χ1v) is 8.56. The van der Waals surface area contributed by atoms with Crippen LogP contribution in [-0.2, 0) is 10.0 Å². The van der Waals surface area contributed by atoms with Crippen molar-refractivity contribution in [3.63, 3.8) is 0 Å². The van der Waals surface area contributed by atoms with E-state index in [2.05, 4.69) is 4.72 Å². The molecule has 1 aromatic rings. The number of benzene rings is 1. The summed E-state index contributed by atoms with van der Waals surface area (Å²) in [6, 6.07) is 2.39. The minimum atomic E-state index is -4.14. The minimum Gasteiger partial charge on any atom is -0.329 e. The van der Waals surface area contributed by atoms with Crippen molar-refractivity contribution in [1.82, 2.24) is 4.72 Å². The Labute approximate surface area is 123 Å². The van der Waals surface area contributed by atoms with Crippen LogP contribution in [0.25, 0.3) is 0 Å². The average Bonchev–Trinajstić information content (AvgIpc) is 2.67. The predicted molar refractivity (Wildman–Crippen MR) is 76.2 cm³/mol. The molecule has 0 aliphatic heterocycles. The summed E-state index contributed by atoms with van der Waals surface area (Å²) >= 11 is 0. The molecule has 0 spiro atoms. The molecule has 0 atom stereocenters. The molecule has 1 aromatic carbocycles. The van der Waals surface area contributed by atoms with Gasteiger partial charge >= 0.3 is 0 Å². The van der Waals surface area contributed by atoms with Crippen LogP contribution < -0.4 is 10.5 Å². The van der Waals surface area contributed by atoms with E-state index < -0.39 is 32.1 Å². The first-order chi connectivity index (χ1) is 9.88. The summed E-state index contributed by atoms with van der Waals surface area (Å²) in [6.07, 6.45) is 5.01. The Morgan fingerprint density at radius 2 is 1.76 bits per heavy atom. The average molecular weight is 318 g/mol. The molecule has 4 nitrogen and oxygen atoms in total. The molecule has 0 radical (unpaired) electrons. The highest BCUT2D eigenvalue weighted by molar-refractivity contribution is 7.89. The summed E-state index contributed by atoms with van der Waals surface area (Å²) in [5, 5.41) is 0. The van der Waals surface area contributed by atoms with Crippen LogP contribution in [0, 0.1) is 11.6 Å². The molecule has 3 N–H and O–H groups in total. The van der Waals surface area contributed by atoms with E-state index in [-0.39, 0.29) is 6.54 Å². The number of rotatable bonds is 4. The molecule has 0 bridgehead atoms. The van der Waals surface area contributed by atoms with E-state index in [0.717, 1.165) is 37.8 Å². The lowest BCUT2D eigenvalue weighted by atomic mass is 9.92. The van der Waals surface area contributed by atoms with Crippen molar-refractivity contribution in [2.45, 2.75) is 49.0 Å². The highest BCUT2D eigenvalue weighted by atomic mass is 32.2. The highest BCUT2D eigenvalue weighted by Crippen LogP contribution is 2.28. The second-order valence-corrected chi connectivity index (χ2v) is 7.23. The zero-order chi connectivity index (χ0) is 15.5. The first-order valence-electron chi connectivity index (χ1n) is 7.08. The number of halogens is 2. The van der Waals surface area contributed by atoms with Crippen LogP contribution >= 0.6 is 0 Å². The Kier molecular flexibility index (Phi) is 4.95. The van der Waals surface area contributed by atoms with Crippen molar-refractivity contribution < 1.29 is 17.2 Å². The van der Waals surface area contributed by atoms with Gasteiger partial charge in [0.05, 0.1) is 0 Å². The molecule has 1 aliphatic rings. The van der Waals surface area contributed by atoms with Crippen molar-refractivity contribution in [2.75, 3.05) is 6.54 Å². The Balaban J connectivity index is 2.32. The van der Waals surface area contributed by atoms with Crippen LogP contribution in [0.2, 0.25) is 0 Å². The monoisotopic (exact) mass is 318 g/mol. The van der Waals surface area contributed by atoms with Crippen LogP contribution in [-0.4, -0.2) is 20.5 Å². The molecule has 1 saturated carbocycles. The van der Waals surface area contributed by atoms with Gasteiger partial charge in [-0.1, -0.05) is 25.7 Å². The van der Waals surface area contributed by atoms with Crippen molar-refractivity contribution in [2.24, 2.45) is 5.73 Å². The normalized spacial score (nSPS) is 19.2. The number of nitrogens with one attached hydrogen (secondary N) is 1. The van der Waals surface area contributed by atoms with Crippen LogP contribution in [0.5, 0.6) is 0 Å². The van der Waals surface area contributed by atoms with Crippen molar-refractivity contribution in [3.8, 4) is 0 Å². The number of nitrogens with two attached hydrogens (primary N) is 1. The van der Waals surface area contributed by atoms with E-state index in [0.29, 0.717) is 18.9 Å². The van der Waals surface area contributed by atoms with Gasteiger partial charge in [-0.25, -0.2) is 21.9 Å². The van der Waals surface area contributed by atoms with Gasteiger partial charge in [-0.15, -0.1) is 0 Å². The topological polar surface area (TPSA) is 72.2 Å². The van der Waals surface area contributed by atoms with E-state index in [1.165, 1.54) is 0 Å². The lowest BCUT2D eigenvalue weighted by Crippen LogP contribution is -2.53. The van der Waals surface area contributed by atoms with E-state index >= 15 is 0 Å². The van der Waals surface area contributed by atoms with Gasteiger partial charge < -0.3 is 5.73 Å². The number of hydrogen-bond donors (Lipinski definition) is 2. The molecule has 0 unspecified atom stereocenters. The third-order valence-corrected chi connectivity index (χ3v) is 5.58. The van der Waals surface area contributed by atoms with Gasteiger partial charge in [0.25, 0.3) is 0 Å². The van der Waals surface area contributed by atoms with Crippen LogP contribution in [0.1, 0.15) is 38.5 Å². The molecule has 1 fully saturated rings. The number of hydrogen-bond acceptors (Lipinski definition) is 3. The molecule has 0 aromatic heterocycles. The Hall–Kier alpha value is -1.05. The molecule has 0 saturated heterocycles. The largest absolute Gasteiger partial charge is 0.329 e. The predicted octanol–water partition coefficient (Wildman–Crippen LogP) is 2.29. The van der Waals surface area contributed by atoms with Gasteiger partial charge in [-0.2, -0.15) is 0 Å². The highest BCUT2D eigenvalue weighted by Gasteiger charge is 2.35. The number of sulfonamides is 1. The molecular weight excluding hydrogens is 298 g/mol. The van der Waals surface area contributed by atoms with E-state index in [9.17, 15) is 17.2 Å². The van der Waals surface area contributed by atoms with Gasteiger partial charge in [0.2, 0.25) is 10.0 Å². The molecule has 7 heteroatoms. The summed E-state index contributed by atoms with van der Waals surface area (Å²) < 4.78 is 54.2. The Morgan fingerprint density at radius 3 is 2.33 bits per heavy atom. The molecule has 2 rings (SSSR count). The Morgan fingerprint density at radius 1 is 1.14 bits per heavy atom. The second kappa shape index (κ2) is 6.37. The molecule has 118 valence electrons. The molecule has 21 heavy (non-hydrogen) atoms. The standard InChI is InChI=1S/C14H20F2N2O2S/c15-11-5-6-12(16)13(9-11)21(19,20)18-14(10-17)7-3-1-2-4-8-14/h5-6,9,18H,1-4,7-8,10,17H2. The van der Waals surface area contributed by atoms with Gasteiger partial charge in [-0.3, -0.25) is 0 Å². The van der Waals surface area contributed by atoms with Crippen LogP contribution in [0.3, 0.4) is 0 Å². The maximum Gasteiger partial charge on any atom is 0.244 e. The maximum absolute atomic E-state index is 13.7. The molecule has 0 amide bonds. The molecule has 1 aliphatic carbocycles. The summed E-state index contributed by atoms with van der Waals surface area (Å²) in [6.45, 7) is 0.142. The maximum atomic E-state index is 13.7. The molecule has 0 heterocycles. The van der Waals surface area contributed by atoms with Gasteiger partial charge in [0, 0.05) is 12.1 Å². The van der Waals surface area contributed by atoms with E-state index in [1.54, 1.807) is 0 Å². The quantitative estimate of drug-likeness (QED) is 0.837. The minimum absolute atomic E-state index is 0.142. The van der Waals surface area contributed by atoms with E-state index in [4.69, 9.17) is 5.73 Å². The Bertz CT molecular complexity index is 597. The van der Waals surface area contributed by atoms with Gasteiger partial charge in [0.1, 0.15) is 16.5 Å². The zero-order valence-electron chi connectivity index (χ0n) is 11.7. The first kappa shape index (κ1) is 16.3. The SMILES string of the molecule is NCC1(NS(=O)(=O)c2cc(F)ccc2F)CCCCCC1. The zero-order valence-corrected chi connectivity index (χ0v) is 12.6. The fourth-order valence-corrected chi connectivity index (χ4v) is 4.34. The van der Waals surface area contributed by atoms with E-state index in [1.807, 2.05) is 0 Å². The summed E-state index contributed by atoms with van der Waals surface area (Å²) in [7, 11) is -4.14. The fraction of sp³-hybridized carbons (Fsp3) is 0.571.